The van der Waals surface area contributed by atoms with Crippen LogP contribution in [-0.4, -0.2) is 0 Å². The van der Waals surface area contributed by atoms with Crippen LogP contribution < -0.4 is 11.3 Å². The van der Waals surface area contributed by atoms with Gasteiger partial charge in [0.1, 0.15) is 0 Å². The van der Waals surface area contributed by atoms with E-state index in [1.165, 1.54) is 29.5 Å². The number of hydrogen-bond donors (Lipinski definition) is 2. The molecular formula is C17H20N2. The summed E-state index contributed by atoms with van der Waals surface area (Å²) in [5, 5.41) is 0. The Balaban J connectivity index is 1.97. The van der Waals surface area contributed by atoms with E-state index < -0.39 is 0 Å². The highest BCUT2D eigenvalue weighted by Crippen LogP contribution is 2.56. The van der Waals surface area contributed by atoms with Crippen molar-refractivity contribution in [2.45, 2.75) is 31.2 Å². The highest BCUT2D eigenvalue weighted by atomic mass is 15.2. The van der Waals surface area contributed by atoms with Gasteiger partial charge in [0.15, 0.2) is 0 Å². The number of hydrogen-bond acceptors (Lipinski definition) is 2. The third-order valence-corrected chi connectivity index (χ3v) is 4.27. The summed E-state index contributed by atoms with van der Waals surface area (Å²) in [6.07, 6.45) is 2.39. The molecular weight excluding hydrogens is 232 g/mol. The van der Waals surface area contributed by atoms with Crippen molar-refractivity contribution in [3.05, 3.63) is 71.3 Å². The molecule has 2 heteroatoms. The van der Waals surface area contributed by atoms with Crippen LogP contribution in [0.2, 0.25) is 0 Å². The van der Waals surface area contributed by atoms with E-state index in [-0.39, 0.29) is 11.5 Å². The number of benzene rings is 2. The maximum Gasteiger partial charge on any atom is 0.0556 e. The Morgan fingerprint density at radius 2 is 1.63 bits per heavy atom. The van der Waals surface area contributed by atoms with Gasteiger partial charge in [-0.25, -0.2) is 0 Å². The van der Waals surface area contributed by atoms with Gasteiger partial charge in [-0.1, -0.05) is 60.2 Å². The van der Waals surface area contributed by atoms with Crippen molar-refractivity contribution in [1.82, 2.24) is 5.43 Å². The van der Waals surface area contributed by atoms with Gasteiger partial charge in [0, 0.05) is 5.41 Å². The minimum Gasteiger partial charge on any atom is -0.271 e. The smallest absolute Gasteiger partial charge is 0.0556 e. The quantitative estimate of drug-likeness (QED) is 0.647. The molecule has 0 saturated heterocycles. The first-order valence-electron chi connectivity index (χ1n) is 6.84. The molecule has 1 aliphatic carbocycles. The van der Waals surface area contributed by atoms with E-state index >= 15 is 0 Å². The van der Waals surface area contributed by atoms with Crippen LogP contribution in [0.15, 0.2) is 54.6 Å². The molecule has 0 amide bonds. The van der Waals surface area contributed by atoms with Gasteiger partial charge in [-0.05, 0) is 30.9 Å². The van der Waals surface area contributed by atoms with E-state index in [0.29, 0.717) is 0 Å². The lowest BCUT2D eigenvalue weighted by molar-refractivity contribution is 0.439. The molecule has 19 heavy (non-hydrogen) atoms. The molecule has 98 valence electrons. The molecule has 1 aliphatic rings. The Morgan fingerprint density at radius 3 is 2.16 bits per heavy atom. The summed E-state index contributed by atoms with van der Waals surface area (Å²) < 4.78 is 0. The molecule has 0 spiro atoms. The molecule has 0 radical (unpaired) electrons. The molecule has 0 heterocycles. The zero-order chi connectivity index (χ0) is 13.3. The molecule has 2 aromatic rings. The first-order chi connectivity index (χ1) is 9.26. The van der Waals surface area contributed by atoms with Crippen molar-refractivity contribution in [2.75, 3.05) is 0 Å². The lowest BCUT2D eigenvalue weighted by Crippen LogP contribution is -2.36. The second kappa shape index (κ2) is 4.80. The third kappa shape index (κ3) is 2.18. The van der Waals surface area contributed by atoms with Gasteiger partial charge in [0.05, 0.1) is 6.04 Å². The first kappa shape index (κ1) is 12.4. The predicted molar refractivity (Wildman–Crippen MR) is 78.6 cm³/mol. The Morgan fingerprint density at radius 1 is 1.00 bits per heavy atom. The summed E-state index contributed by atoms with van der Waals surface area (Å²) >= 11 is 0. The molecule has 1 saturated carbocycles. The molecule has 0 aromatic heterocycles. The Hall–Kier alpha value is -1.64. The van der Waals surface area contributed by atoms with Crippen LogP contribution >= 0.6 is 0 Å². The maximum atomic E-state index is 5.86. The van der Waals surface area contributed by atoms with Gasteiger partial charge < -0.3 is 0 Å². The standard InChI is InChI=1S/C17H20N2/c1-13-7-9-14(10-8-13)16(19-18)17(11-12-17)15-5-3-2-4-6-15/h2-10,16,19H,11-12,18H2,1H3. The zero-order valence-corrected chi connectivity index (χ0v) is 11.3. The Labute approximate surface area is 114 Å². The first-order valence-corrected chi connectivity index (χ1v) is 6.84. The fourth-order valence-electron chi connectivity index (χ4n) is 2.98. The fraction of sp³-hybridized carbons (Fsp3) is 0.294. The van der Waals surface area contributed by atoms with Gasteiger partial charge in [0.25, 0.3) is 0 Å². The lowest BCUT2D eigenvalue weighted by atomic mass is 9.84. The van der Waals surface area contributed by atoms with Crippen LogP contribution in [0, 0.1) is 6.92 Å². The van der Waals surface area contributed by atoms with E-state index in [1.54, 1.807) is 0 Å². The number of hydrazine groups is 1. The van der Waals surface area contributed by atoms with Gasteiger partial charge in [-0.2, -0.15) is 0 Å². The second-order valence-corrected chi connectivity index (χ2v) is 5.53. The van der Waals surface area contributed by atoms with Crippen LogP contribution in [0.3, 0.4) is 0 Å². The van der Waals surface area contributed by atoms with Crippen LogP contribution in [0.5, 0.6) is 0 Å². The van der Waals surface area contributed by atoms with Crippen molar-refractivity contribution in [1.29, 1.82) is 0 Å². The van der Waals surface area contributed by atoms with Crippen LogP contribution in [-0.2, 0) is 5.41 Å². The maximum absolute atomic E-state index is 5.86. The summed E-state index contributed by atoms with van der Waals surface area (Å²) in [5.41, 5.74) is 7.15. The molecule has 2 aromatic carbocycles. The number of rotatable bonds is 4. The van der Waals surface area contributed by atoms with E-state index in [0.717, 1.165) is 0 Å². The van der Waals surface area contributed by atoms with Crippen LogP contribution in [0.25, 0.3) is 0 Å². The zero-order valence-electron chi connectivity index (χ0n) is 11.3. The molecule has 2 nitrogen and oxygen atoms in total. The third-order valence-electron chi connectivity index (χ3n) is 4.27. The number of nitrogens with two attached hydrogens (primary N) is 1. The summed E-state index contributed by atoms with van der Waals surface area (Å²) in [5.74, 6) is 5.86. The predicted octanol–water partition coefficient (Wildman–Crippen LogP) is 3.23. The van der Waals surface area contributed by atoms with Gasteiger partial charge >= 0.3 is 0 Å². The highest BCUT2D eigenvalue weighted by Gasteiger charge is 2.50. The summed E-state index contributed by atoms with van der Waals surface area (Å²) in [4.78, 5) is 0. The van der Waals surface area contributed by atoms with E-state index in [9.17, 15) is 0 Å². The van der Waals surface area contributed by atoms with Crippen molar-refractivity contribution in [3.8, 4) is 0 Å². The normalized spacial score (nSPS) is 18.0. The minimum atomic E-state index is 0.172. The molecule has 0 aliphatic heterocycles. The lowest BCUT2D eigenvalue weighted by Gasteiger charge is -2.27. The van der Waals surface area contributed by atoms with Crippen LogP contribution in [0.1, 0.15) is 35.6 Å². The average molecular weight is 252 g/mol. The van der Waals surface area contributed by atoms with Crippen LogP contribution in [0.4, 0.5) is 0 Å². The number of aryl methyl sites for hydroxylation is 1. The fourth-order valence-corrected chi connectivity index (χ4v) is 2.98. The van der Waals surface area contributed by atoms with E-state index in [1.807, 2.05) is 0 Å². The van der Waals surface area contributed by atoms with Crippen molar-refractivity contribution in [3.63, 3.8) is 0 Å². The Bertz CT molecular complexity index is 541. The largest absolute Gasteiger partial charge is 0.271 e. The monoisotopic (exact) mass is 252 g/mol. The molecule has 0 bridgehead atoms. The second-order valence-electron chi connectivity index (χ2n) is 5.53. The van der Waals surface area contributed by atoms with E-state index in [2.05, 4.69) is 66.9 Å². The summed E-state index contributed by atoms with van der Waals surface area (Å²) in [7, 11) is 0. The van der Waals surface area contributed by atoms with Gasteiger partial charge in [-0.3, -0.25) is 11.3 Å². The van der Waals surface area contributed by atoms with Gasteiger partial charge in [0.2, 0.25) is 0 Å². The molecule has 3 N–H and O–H groups in total. The summed E-state index contributed by atoms with van der Waals surface area (Å²) in [6.45, 7) is 2.11. The highest BCUT2D eigenvalue weighted by molar-refractivity contribution is 5.38. The van der Waals surface area contributed by atoms with Crippen molar-refractivity contribution < 1.29 is 0 Å². The minimum absolute atomic E-state index is 0.172. The topological polar surface area (TPSA) is 38.0 Å². The van der Waals surface area contributed by atoms with Gasteiger partial charge in [-0.15, -0.1) is 0 Å². The molecule has 1 unspecified atom stereocenters. The van der Waals surface area contributed by atoms with Crippen molar-refractivity contribution >= 4 is 0 Å². The number of nitrogens with one attached hydrogen (secondary N) is 1. The molecule has 1 atom stereocenters. The average Bonchev–Trinajstić information content (AvgIpc) is 3.24. The summed E-state index contributed by atoms with van der Waals surface area (Å²) in [6, 6.07) is 19.6. The SMILES string of the molecule is Cc1ccc(C(NN)C2(c3ccccc3)CC2)cc1. The van der Waals surface area contributed by atoms with Crippen molar-refractivity contribution in [2.24, 2.45) is 5.84 Å². The molecule has 3 rings (SSSR count). The van der Waals surface area contributed by atoms with E-state index in [4.69, 9.17) is 5.84 Å². The Kier molecular flexibility index (Phi) is 3.13. The molecule has 1 fully saturated rings.